The predicted molar refractivity (Wildman–Crippen MR) is 128 cm³/mol. The molecule has 10 heteroatoms. The van der Waals surface area contributed by atoms with E-state index in [-0.39, 0.29) is 10.7 Å². The van der Waals surface area contributed by atoms with E-state index < -0.39 is 15.9 Å². The molecule has 0 spiro atoms. The Hall–Kier alpha value is -3.50. The number of sulfonamides is 1. The number of para-hydroxylation sites is 1. The number of anilines is 1. The lowest BCUT2D eigenvalue weighted by Gasteiger charge is -2.11. The minimum absolute atomic E-state index is 0.0164. The highest BCUT2D eigenvalue weighted by atomic mass is 32.2. The molecule has 0 bridgehead atoms. The van der Waals surface area contributed by atoms with E-state index in [1.807, 2.05) is 36.2 Å². The lowest BCUT2D eigenvalue weighted by Crippen LogP contribution is -2.20. The predicted octanol–water partition coefficient (Wildman–Crippen LogP) is 4.62. The van der Waals surface area contributed by atoms with E-state index in [0.717, 1.165) is 23.2 Å². The third-order valence-corrected chi connectivity index (χ3v) is 7.64. The van der Waals surface area contributed by atoms with Crippen LogP contribution in [0.3, 0.4) is 0 Å². The number of carbonyl (C=O) groups excluding carboxylic acids is 1. The van der Waals surface area contributed by atoms with Gasteiger partial charge in [-0.3, -0.25) is 4.79 Å². The Bertz CT molecular complexity index is 1450. The molecule has 0 saturated carbocycles. The molecular weight excluding hydrogens is 460 g/mol. The van der Waals surface area contributed by atoms with Crippen LogP contribution < -0.4 is 5.32 Å². The van der Waals surface area contributed by atoms with Gasteiger partial charge in [-0.2, -0.15) is 8.42 Å². The average Bonchev–Trinajstić information content (AvgIpc) is 3.53. The van der Waals surface area contributed by atoms with Gasteiger partial charge in [0, 0.05) is 25.7 Å². The standard InChI is InChI=1S/C23H20N4O4S2/c1-27-13-5-10-21(27)26-33(29,30)16-7-4-6-15(14-16)24-22(28)18-11-12-19(31-18)23-25-17-8-2-3-9-20(17)32-23/h2-4,6-9,11-12,14H,5,10,13H2,1H3,(H,24,28)/b26-21+. The SMILES string of the molecule is CN1CCC/C1=N\S(=O)(=O)c1cccc(NC(=O)c2ccc(-c3nc4ccccc4s3)o2)c1. The lowest BCUT2D eigenvalue weighted by atomic mass is 10.3. The normalized spacial score (nSPS) is 15.4. The molecule has 1 N–H and O–H groups in total. The molecule has 0 radical (unpaired) electrons. The number of furan rings is 1. The number of likely N-dealkylation sites (tertiary alicyclic amines) is 1. The van der Waals surface area contributed by atoms with Crippen molar-refractivity contribution in [3.05, 3.63) is 66.4 Å². The maximum atomic E-state index is 12.7. The minimum atomic E-state index is -3.88. The second-order valence-corrected chi connectivity index (χ2v) is 10.3. The van der Waals surface area contributed by atoms with Crippen molar-refractivity contribution < 1.29 is 17.6 Å². The highest BCUT2D eigenvalue weighted by Gasteiger charge is 2.21. The Kier molecular flexibility index (Phi) is 5.47. The molecule has 0 unspecified atom stereocenters. The van der Waals surface area contributed by atoms with Gasteiger partial charge in [-0.05, 0) is 48.9 Å². The van der Waals surface area contributed by atoms with Crippen LogP contribution in [0.4, 0.5) is 5.69 Å². The monoisotopic (exact) mass is 480 g/mol. The van der Waals surface area contributed by atoms with Crippen LogP contribution in [0.25, 0.3) is 21.0 Å². The zero-order chi connectivity index (χ0) is 23.0. The number of fused-ring (bicyclic) bond motifs is 1. The Morgan fingerprint density at radius 1 is 1.15 bits per heavy atom. The van der Waals surface area contributed by atoms with Gasteiger partial charge in [-0.15, -0.1) is 15.7 Å². The van der Waals surface area contributed by atoms with Crippen LogP contribution in [-0.2, 0) is 10.0 Å². The van der Waals surface area contributed by atoms with Crippen molar-refractivity contribution in [1.29, 1.82) is 0 Å². The zero-order valence-corrected chi connectivity index (χ0v) is 19.3. The summed E-state index contributed by atoms with van der Waals surface area (Å²) in [6.45, 7) is 0.784. The van der Waals surface area contributed by atoms with Crippen LogP contribution in [0.1, 0.15) is 23.4 Å². The first-order valence-corrected chi connectivity index (χ1v) is 12.6. The quantitative estimate of drug-likeness (QED) is 0.447. The van der Waals surface area contributed by atoms with Crippen molar-refractivity contribution in [3.8, 4) is 10.8 Å². The van der Waals surface area contributed by atoms with E-state index >= 15 is 0 Å². The summed E-state index contributed by atoms with van der Waals surface area (Å²) in [5, 5.41) is 3.37. The smallest absolute Gasteiger partial charge is 0.291 e. The van der Waals surface area contributed by atoms with Crippen molar-refractivity contribution in [2.24, 2.45) is 4.40 Å². The second kappa shape index (κ2) is 8.45. The Morgan fingerprint density at radius 2 is 2.00 bits per heavy atom. The van der Waals surface area contributed by atoms with Gasteiger partial charge in [0.15, 0.2) is 16.5 Å². The van der Waals surface area contributed by atoms with Gasteiger partial charge in [0.2, 0.25) is 0 Å². The van der Waals surface area contributed by atoms with Crippen LogP contribution in [0.2, 0.25) is 0 Å². The van der Waals surface area contributed by atoms with Crippen LogP contribution in [0.5, 0.6) is 0 Å². The third kappa shape index (κ3) is 4.39. The highest BCUT2D eigenvalue weighted by molar-refractivity contribution is 7.90. The molecule has 1 saturated heterocycles. The largest absolute Gasteiger partial charge is 0.448 e. The van der Waals surface area contributed by atoms with E-state index in [2.05, 4.69) is 14.7 Å². The van der Waals surface area contributed by atoms with Crippen molar-refractivity contribution >= 4 is 49.0 Å². The van der Waals surface area contributed by atoms with Crippen molar-refractivity contribution in [3.63, 3.8) is 0 Å². The Labute approximate surface area is 194 Å². The van der Waals surface area contributed by atoms with Gasteiger partial charge in [0.05, 0.1) is 15.1 Å². The van der Waals surface area contributed by atoms with Gasteiger partial charge in [-0.1, -0.05) is 18.2 Å². The van der Waals surface area contributed by atoms with E-state index in [0.29, 0.717) is 28.7 Å². The molecule has 33 heavy (non-hydrogen) atoms. The molecule has 4 aromatic rings. The second-order valence-electron chi connectivity index (χ2n) is 7.64. The molecule has 1 aliphatic heterocycles. The van der Waals surface area contributed by atoms with E-state index in [1.165, 1.54) is 23.5 Å². The zero-order valence-electron chi connectivity index (χ0n) is 17.7. The van der Waals surface area contributed by atoms with Crippen LogP contribution in [-0.4, -0.2) is 43.6 Å². The topological polar surface area (TPSA) is 105 Å². The lowest BCUT2D eigenvalue weighted by molar-refractivity contribution is 0.0997. The fourth-order valence-corrected chi connectivity index (χ4v) is 5.65. The summed E-state index contributed by atoms with van der Waals surface area (Å²) in [5.41, 5.74) is 1.20. The highest BCUT2D eigenvalue weighted by Crippen LogP contribution is 2.31. The fraction of sp³-hybridized carbons (Fsp3) is 0.174. The summed E-state index contributed by atoms with van der Waals surface area (Å²) in [7, 11) is -2.06. The summed E-state index contributed by atoms with van der Waals surface area (Å²) in [6, 6.07) is 17.1. The molecular formula is C23H20N4O4S2. The molecule has 1 amide bonds. The molecule has 1 aliphatic rings. The number of rotatable bonds is 5. The maximum Gasteiger partial charge on any atom is 0.291 e. The first-order chi connectivity index (χ1) is 15.9. The number of nitrogens with one attached hydrogen (secondary N) is 1. The van der Waals surface area contributed by atoms with Gasteiger partial charge >= 0.3 is 0 Å². The summed E-state index contributed by atoms with van der Waals surface area (Å²) < 4.78 is 36.2. The van der Waals surface area contributed by atoms with Crippen LogP contribution in [0.15, 0.2) is 74.4 Å². The van der Waals surface area contributed by atoms with Crippen molar-refractivity contribution in [2.45, 2.75) is 17.7 Å². The van der Waals surface area contributed by atoms with Crippen LogP contribution >= 0.6 is 11.3 Å². The number of nitrogens with zero attached hydrogens (tertiary/aromatic N) is 3. The van der Waals surface area contributed by atoms with Gasteiger partial charge in [0.1, 0.15) is 5.84 Å². The third-order valence-electron chi connectivity index (χ3n) is 5.28. The molecule has 168 valence electrons. The molecule has 3 heterocycles. The number of amides is 1. The maximum absolute atomic E-state index is 12.7. The fourth-order valence-electron chi connectivity index (χ4n) is 3.58. The van der Waals surface area contributed by atoms with Crippen LogP contribution in [0, 0.1) is 0 Å². The number of amidine groups is 1. The molecule has 0 atom stereocenters. The number of hydrogen-bond donors (Lipinski definition) is 1. The van der Waals surface area contributed by atoms with Gasteiger partial charge in [-0.25, -0.2) is 4.98 Å². The first kappa shape index (κ1) is 21.4. The molecule has 2 aromatic heterocycles. The molecule has 0 aliphatic carbocycles. The van der Waals surface area contributed by atoms with Gasteiger partial charge < -0.3 is 14.6 Å². The number of carbonyl (C=O) groups is 1. The Morgan fingerprint density at radius 3 is 2.79 bits per heavy atom. The van der Waals surface area contributed by atoms with E-state index in [9.17, 15) is 13.2 Å². The summed E-state index contributed by atoms with van der Waals surface area (Å²) in [4.78, 5) is 19.1. The molecule has 2 aromatic carbocycles. The molecule has 8 nitrogen and oxygen atoms in total. The first-order valence-electron chi connectivity index (χ1n) is 10.3. The number of thiazole rings is 1. The number of aromatic nitrogens is 1. The van der Waals surface area contributed by atoms with Crippen molar-refractivity contribution in [2.75, 3.05) is 18.9 Å². The summed E-state index contributed by atoms with van der Waals surface area (Å²) in [5.74, 6) is 0.653. The van der Waals surface area contributed by atoms with E-state index in [4.69, 9.17) is 4.42 Å². The number of benzene rings is 2. The summed E-state index contributed by atoms with van der Waals surface area (Å²) in [6.07, 6.45) is 1.50. The number of hydrogen-bond acceptors (Lipinski definition) is 6. The minimum Gasteiger partial charge on any atom is -0.448 e. The Balaban J connectivity index is 1.34. The summed E-state index contributed by atoms with van der Waals surface area (Å²) >= 11 is 1.48. The molecule has 5 rings (SSSR count). The van der Waals surface area contributed by atoms with Gasteiger partial charge in [0.25, 0.3) is 15.9 Å². The molecule has 1 fully saturated rings. The van der Waals surface area contributed by atoms with E-state index in [1.54, 1.807) is 24.3 Å². The van der Waals surface area contributed by atoms with Crippen molar-refractivity contribution in [1.82, 2.24) is 9.88 Å². The average molecular weight is 481 g/mol.